The molecule has 2 fully saturated rings. The quantitative estimate of drug-likeness (QED) is 0.638. The molecule has 1 aromatic carbocycles. The number of hydrogen-bond donors (Lipinski definition) is 3. The van der Waals surface area contributed by atoms with Gasteiger partial charge in [-0.3, -0.25) is 4.98 Å². The summed E-state index contributed by atoms with van der Waals surface area (Å²) in [7, 11) is 0. The van der Waals surface area contributed by atoms with E-state index in [-0.39, 0.29) is 17.9 Å². The number of aliphatic hydroxyl groups is 1. The fraction of sp³-hybridized carbons (Fsp3) is 0.409. The van der Waals surface area contributed by atoms with Crippen molar-refractivity contribution in [3.63, 3.8) is 0 Å². The van der Waals surface area contributed by atoms with Crippen LogP contribution < -0.4 is 5.32 Å². The van der Waals surface area contributed by atoms with Gasteiger partial charge in [-0.15, -0.1) is 10.2 Å². The Hall–Kier alpha value is -2.73. The number of fused-ring (bicyclic) bond motifs is 1. The molecule has 2 aromatic heterocycles. The molecule has 2 saturated carbocycles. The summed E-state index contributed by atoms with van der Waals surface area (Å²) in [6.07, 6.45) is 9.24. The van der Waals surface area contributed by atoms with Crippen molar-refractivity contribution in [3.8, 4) is 17.0 Å². The molecule has 6 heteroatoms. The normalized spacial score (nSPS) is 22.3. The van der Waals surface area contributed by atoms with Gasteiger partial charge in [-0.05, 0) is 68.2 Å². The molecule has 6 nitrogen and oxygen atoms in total. The van der Waals surface area contributed by atoms with Gasteiger partial charge in [-0.1, -0.05) is 6.07 Å². The van der Waals surface area contributed by atoms with Crippen LogP contribution in [0.2, 0.25) is 0 Å². The molecule has 0 spiro atoms. The number of nitrogens with zero attached hydrogens (tertiary/aromatic N) is 3. The van der Waals surface area contributed by atoms with Crippen molar-refractivity contribution < 1.29 is 10.2 Å². The molecule has 2 atom stereocenters. The Kier molecular flexibility index (Phi) is 4.36. The maximum atomic E-state index is 10.6. The molecule has 0 bridgehead atoms. The van der Waals surface area contributed by atoms with E-state index in [1.807, 2.05) is 18.2 Å². The summed E-state index contributed by atoms with van der Waals surface area (Å²) >= 11 is 0. The summed E-state index contributed by atoms with van der Waals surface area (Å²) in [4.78, 5) is 4.26. The molecule has 0 unspecified atom stereocenters. The highest BCUT2D eigenvalue weighted by atomic mass is 16.3. The van der Waals surface area contributed by atoms with Gasteiger partial charge >= 0.3 is 0 Å². The number of phenols is 1. The highest BCUT2D eigenvalue weighted by Crippen LogP contribution is 2.43. The standard InChI is InChI=1S/C22H24N4O2/c27-16-3-1-2-15(11-16)24-22-19-12-23-9-8-17(19)21(25-26-22)18-7-6-14(10-20(18)28)13-4-5-13/h6-10,12-13,15-16,27-28H,1-5,11H2,(H,24,26)/t15-,16-/m0/s1. The van der Waals surface area contributed by atoms with Crippen molar-refractivity contribution in [1.29, 1.82) is 0 Å². The summed E-state index contributed by atoms with van der Waals surface area (Å²) in [5, 5.41) is 34.6. The van der Waals surface area contributed by atoms with E-state index >= 15 is 0 Å². The van der Waals surface area contributed by atoms with Crippen LogP contribution in [0.3, 0.4) is 0 Å². The molecule has 0 amide bonds. The topological polar surface area (TPSA) is 91.2 Å². The number of aromatic hydroxyl groups is 1. The number of aliphatic hydroxyl groups excluding tert-OH is 1. The molecule has 2 heterocycles. The minimum absolute atomic E-state index is 0.179. The fourth-order valence-electron chi connectivity index (χ4n) is 4.21. The zero-order chi connectivity index (χ0) is 19.1. The second-order valence-electron chi connectivity index (χ2n) is 8.03. The monoisotopic (exact) mass is 376 g/mol. The van der Waals surface area contributed by atoms with E-state index in [1.54, 1.807) is 12.4 Å². The highest BCUT2D eigenvalue weighted by molar-refractivity contribution is 6.00. The van der Waals surface area contributed by atoms with E-state index < -0.39 is 0 Å². The van der Waals surface area contributed by atoms with Crippen LogP contribution in [0.25, 0.3) is 22.0 Å². The Morgan fingerprint density at radius 1 is 1.00 bits per heavy atom. The van der Waals surface area contributed by atoms with E-state index in [2.05, 4.69) is 26.6 Å². The summed E-state index contributed by atoms with van der Waals surface area (Å²) in [5.41, 5.74) is 2.54. The lowest BCUT2D eigenvalue weighted by Gasteiger charge is -2.27. The lowest BCUT2D eigenvalue weighted by atomic mass is 9.93. The van der Waals surface area contributed by atoms with Gasteiger partial charge in [-0.2, -0.15) is 0 Å². The average molecular weight is 376 g/mol. The molecule has 0 radical (unpaired) electrons. The molecule has 3 aromatic rings. The first-order valence-electron chi connectivity index (χ1n) is 10.1. The Morgan fingerprint density at radius 3 is 2.68 bits per heavy atom. The number of phenolic OH excluding ortho intramolecular Hbond substituents is 1. The fourth-order valence-corrected chi connectivity index (χ4v) is 4.21. The molecule has 144 valence electrons. The molecule has 5 rings (SSSR count). The van der Waals surface area contributed by atoms with Gasteiger partial charge in [0.1, 0.15) is 11.4 Å². The minimum Gasteiger partial charge on any atom is -0.507 e. The van der Waals surface area contributed by atoms with Crippen LogP contribution >= 0.6 is 0 Å². The first kappa shape index (κ1) is 17.4. The zero-order valence-electron chi connectivity index (χ0n) is 15.7. The highest BCUT2D eigenvalue weighted by Gasteiger charge is 2.25. The molecule has 0 aliphatic heterocycles. The Bertz CT molecular complexity index is 1020. The number of nitrogens with one attached hydrogen (secondary N) is 1. The summed E-state index contributed by atoms with van der Waals surface area (Å²) < 4.78 is 0. The lowest BCUT2D eigenvalue weighted by Crippen LogP contribution is -2.30. The van der Waals surface area contributed by atoms with Gasteiger partial charge in [0.05, 0.1) is 6.10 Å². The Labute approximate surface area is 163 Å². The van der Waals surface area contributed by atoms with Crippen LogP contribution in [0.4, 0.5) is 5.82 Å². The van der Waals surface area contributed by atoms with Gasteiger partial charge in [-0.25, -0.2) is 0 Å². The van der Waals surface area contributed by atoms with Crippen LogP contribution in [0, 0.1) is 0 Å². The number of aromatic nitrogens is 3. The average Bonchev–Trinajstić information content (AvgIpc) is 3.54. The third-order valence-electron chi connectivity index (χ3n) is 5.89. The van der Waals surface area contributed by atoms with Gasteiger partial charge in [0.2, 0.25) is 0 Å². The van der Waals surface area contributed by atoms with Gasteiger partial charge in [0, 0.05) is 34.8 Å². The van der Waals surface area contributed by atoms with Crippen LogP contribution in [-0.2, 0) is 0 Å². The maximum Gasteiger partial charge on any atom is 0.158 e. The molecule has 0 saturated heterocycles. The van der Waals surface area contributed by atoms with E-state index in [9.17, 15) is 10.2 Å². The van der Waals surface area contributed by atoms with Gasteiger partial charge in [0.15, 0.2) is 5.82 Å². The van der Waals surface area contributed by atoms with Gasteiger partial charge < -0.3 is 15.5 Å². The summed E-state index contributed by atoms with van der Waals surface area (Å²) in [6.45, 7) is 0. The van der Waals surface area contributed by atoms with Crippen LogP contribution in [0.5, 0.6) is 5.75 Å². The third kappa shape index (κ3) is 3.29. The SMILES string of the molecule is Oc1cc(C2CC2)ccc1-c1nnc(N[C@H]2CCC[C@H](O)C2)c2cnccc12. The predicted molar refractivity (Wildman–Crippen MR) is 108 cm³/mol. The zero-order valence-corrected chi connectivity index (χ0v) is 15.7. The molecule has 28 heavy (non-hydrogen) atoms. The molecular formula is C22H24N4O2. The van der Waals surface area contributed by atoms with Gasteiger partial charge in [0.25, 0.3) is 0 Å². The van der Waals surface area contributed by atoms with Crippen LogP contribution in [0.1, 0.15) is 50.0 Å². The van der Waals surface area contributed by atoms with Crippen molar-refractivity contribution in [3.05, 3.63) is 42.2 Å². The van der Waals surface area contributed by atoms with Crippen LogP contribution in [0.15, 0.2) is 36.7 Å². The summed E-state index contributed by atoms with van der Waals surface area (Å²) in [5.74, 6) is 1.51. The molecular weight excluding hydrogens is 352 g/mol. The van der Waals surface area contributed by atoms with Crippen molar-refractivity contribution >= 4 is 16.6 Å². The lowest BCUT2D eigenvalue weighted by molar-refractivity contribution is 0.124. The summed E-state index contributed by atoms with van der Waals surface area (Å²) in [6, 6.07) is 7.97. The molecule has 3 N–H and O–H groups in total. The van der Waals surface area contributed by atoms with Crippen molar-refractivity contribution in [2.45, 2.75) is 56.6 Å². The molecule has 2 aliphatic rings. The van der Waals surface area contributed by atoms with Crippen molar-refractivity contribution in [2.75, 3.05) is 5.32 Å². The van der Waals surface area contributed by atoms with Crippen molar-refractivity contribution in [2.24, 2.45) is 0 Å². The Balaban J connectivity index is 1.53. The number of rotatable bonds is 4. The van der Waals surface area contributed by atoms with E-state index in [0.29, 0.717) is 29.4 Å². The minimum atomic E-state index is -0.259. The largest absolute Gasteiger partial charge is 0.507 e. The smallest absolute Gasteiger partial charge is 0.158 e. The number of anilines is 1. The number of benzene rings is 1. The van der Waals surface area contributed by atoms with Crippen LogP contribution in [-0.4, -0.2) is 37.5 Å². The Morgan fingerprint density at radius 2 is 1.89 bits per heavy atom. The second kappa shape index (κ2) is 7.02. The predicted octanol–water partition coefficient (Wildman–Crippen LogP) is 3.99. The number of pyridine rings is 1. The first-order valence-corrected chi connectivity index (χ1v) is 10.1. The third-order valence-corrected chi connectivity index (χ3v) is 5.89. The van der Waals surface area contributed by atoms with E-state index in [0.717, 1.165) is 30.0 Å². The van der Waals surface area contributed by atoms with E-state index in [4.69, 9.17) is 0 Å². The maximum absolute atomic E-state index is 10.6. The van der Waals surface area contributed by atoms with E-state index in [1.165, 1.54) is 18.4 Å². The first-order chi connectivity index (χ1) is 13.7. The van der Waals surface area contributed by atoms with Crippen molar-refractivity contribution in [1.82, 2.24) is 15.2 Å². The second-order valence-corrected chi connectivity index (χ2v) is 8.03. The number of hydrogen-bond acceptors (Lipinski definition) is 6. The molecule has 2 aliphatic carbocycles.